The first kappa shape index (κ1) is 27.1. The molecule has 2 aromatic rings. The molecule has 0 spiro atoms. The van der Waals surface area contributed by atoms with E-state index in [1.807, 2.05) is 65.8 Å². The van der Waals surface area contributed by atoms with Crippen LogP contribution in [0.1, 0.15) is 40.3 Å². The number of hydrogen-bond acceptors (Lipinski definition) is 6. The van der Waals surface area contributed by atoms with Gasteiger partial charge in [0, 0.05) is 17.4 Å². The lowest BCUT2D eigenvalue weighted by atomic mass is 9.52. The zero-order chi connectivity index (χ0) is 29.7. The van der Waals surface area contributed by atoms with Gasteiger partial charge in [-0.2, -0.15) is 0 Å². The molecule has 2 heterocycles. The van der Waals surface area contributed by atoms with Gasteiger partial charge < -0.3 is 4.74 Å². The van der Waals surface area contributed by atoms with Gasteiger partial charge in [-0.05, 0) is 70.7 Å². The van der Waals surface area contributed by atoms with E-state index in [1.54, 1.807) is 13.0 Å². The fourth-order valence-electron chi connectivity index (χ4n) is 8.26. The fourth-order valence-corrected chi connectivity index (χ4v) is 8.26. The Morgan fingerprint density at radius 1 is 0.634 bits per heavy atom. The summed E-state index contributed by atoms with van der Waals surface area (Å²) in [6.07, 6.45) is 1.65. The number of imide groups is 2. The predicted molar refractivity (Wildman–Crippen MR) is 152 cm³/mol. The molecule has 2 aromatic carbocycles. The molecule has 1 saturated carbocycles. The standard InChI is InChI=1S/C33H34N2O6/c1-8-41-33(40)21-13-20-23-25(31(38)34(29(23)36)27-16(4)9-14(2)10-17(27)5)22(21)26-24(20)30(37)35(32(26)39)28-18(6)11-15(3)12-19(28)7/h9-13,20,22-26H,8H2,1-7H3. The van der Waals surface area contributed by atoms with Crippen LogP contribution >= 0.6 is 0 Å². The third-order valence-corrected chi connectivity index (χ3v) is 9.36. The quantitative estimate of drug-likeness (QED) is 0.415. The topological polar surface area (TPSA) is 101 Å². The van der Waals surface area contributed by atoms with Gasteiger partial charge in [0.15, 0.2) is 0 Å². The van der Waals surface area contributed by atoms with Crippen LogP contribution in [0.3, 0.4) is 0 Å². The van der Waals surface area contributed by atoms with E-state index in [2.05, 4.69) is 0 Å². The number of aryl methyl sites for hydroxylation is 6. The van der Waals surface area contributed by atoms with Crippen LogP contribution in [-0.2, 0) is 28.7 Å². The van der Waals surface area contributed by atoms with Crippen molar-refractivity contribution < 1.29 is 28.7 Å². The van der Waals surface area contributed by atoms with Crippen LogP contribution in [0.15, 0.2) is 35.9 Å². The molecule has 2 saturated heterocycles. The number of benzene rings is 2. The number of ether oxygens (including phenoxy) is 1. The van der Waals surface area contributed by atoms with Crippen molar-refractivity contribution in [1.29, 1.82) is 0 Å². The van der Waals surface area contributed by atoms with Crippen molar-refractivity contribution in [2.75, 3.05) is 16.4 Å². The minimum absolute atomic E-state index is 0.122. The first-order chi connectivity index (χ1) is 19.4. The summed E-state index contributed by atoms with van der Waals surface area (Å²) in [6, 6.07) is 7.70. The van der Waals surface area contributed by atoms with Gasteiger partial charge in [-0.3, -0.25) is 19.2 Å². The van der Waals surface area contributed by atoms with Gasteiger partial charge in [0.2, 0.25) is 23.6 Å². The van der Waals surface area contributed by atoms with Crippen molar-refractivity contribution in [1.82, 2.24) is 0 Å². The maximum Gasteiger partial charge on any atom is 0.334 e. The summed E-state index contributed by atoms with van der Waals surface area (Å²) in [5.74, 6) is -7.52. The highest BCUT2D eigenvalue weighted by atomic mass is 16.5. The summed E-state index contributed by atoms with van der Waals surface area (Å²) in [7, 11) is 0. The molecular weight excluding hydrogens is 520 g/mol. The molecular formula is C33H34N2O6. The van der Waals surface area contributed by atoms with Gasteiger partial charge >= 0.3 is 5.97 Å². The molecule has 2 bridgehead atoms. The Balaban J connectivity index is 1.50. The second kappa shape index (κ2) is 9.23. The van der Waals surface area contributed by atoms with Gasteiger partial charge in [-0.15, -0.1) is 0 Å². The minimum atomic E-state index is -0.936. The SMILES string of the molecule is CCOC(=O)C1=CC2C3C(=O)N(c4c(C)cc(C)cc4C)C(=O)C3C1C1C(=O)N(c3c(C)cc(C)cc3C)C(=O)C21. The van der Waals surface area contributed by atoms with Crippen molar-refractivity contribution >= 4 is 41.0 Å². The lowest BCUT2D eigenvalue weighted by molar-refractivity contribution is -0.146. The van der Waals surface area contributed by atoms with Crippen molar-refractivity contribution in [2.45, 2.75) is 48.5 Å². The molecule has 0 aromatic heterocycles. The lowest BCUT2D eigenvalue weighted by Gasteiger charge is -2.46. The van der Waals surface area contributed by atoms with Gasteiger partial charge in [0.1, 0.15) is 0 Å². The van der Waals surface area contributed by atoms with E-state index in [0.717, 1.165) is 33.4 Å². The predicted octanol–water partition coefficient (Wildman–Crippen LogP) is 4.20. The average molecular weight is 555 g/mol. The van der Waals surface area contributed by atoms with E-state index >= 15 is 0 Å². The van der Waals surface area contributed by atoms with Crippen LogP contribution in [0.4, 0.5) is 11.4 Å². The number of allylic oxidation sites excluding steroid dienone is 1. The molecule has 8 heteroatoms. The zero-order valence-electron chi connectivity index (χ0n) is 24.4. The maximum atomic E-state index is 14.2. The summed E-state index contributed by atoms with van der Waals surface area (Å²) < 4.78 is 5.35. The molecule has 3 aliphatic carbocycles. The van der Waals surface area contributed by atoms with Crippen LogP contribution in [0.2, 0.25) is 0 Å². The molecule has 4 amide bonds. The number of esters is 1. The largest absolute Gasteiger partial charge is 0.463 e. The second-order valence-corrected chi connectivity index (χ2v) is 12.1. The molecule has 0 N–H and O–H groups in total. The van der Waals surface area contributed by atoms with Gasteiger partial charge in [-0.25, -0.2) is 14.6 Å². The Morgan fingerprint density at radius 2 is 1.00 bits per heavy atom. The number of carbonyl (C=O) groups excluding carboxylic acids is 5. The van der Waals surface area contributed by atoms with E-state index in [1.165, 1.54) is 9.80 Å². The van der Waals surface area contributed by atoms with E-state index < -0.39 is 53.3 Å². The third kappa shape index (κ3) is 3.62. The molecule has 8 nitrogen and oxygen atoms in total. The summed E-state index contributed by atoms with van der Waals surface area (Å²) in [4.78, 5) is 72.5. The van der Waals surface area contributed by atoms with Crippen molar-refractivity contribution in [3.8, 4) is 0 Å². The Labute approximate surface area is 239 Å². The molecule has 3 fully saturated rings. The molecule has 4 unspecified atom stereocenters. The molecule has 212 valence electrons. The molecule has 5 aliphatic rings. The van der Waals surface area contributed by atoms with Gasteiger partial charge in [-0.1, -0.05) is 41.5 Å². The number of hydrogen-bond donors (Lipinski definition) is 0. The Bertz CT molecular complexity index is 1470. The smallest absolute Gasteiger partial charge is 0.334 e. The van der Waals surface area contributed by atoms with Crippen molar-refractivity contribution in [3.05, 3.63) is 69.3 Å². The highest BCUT2D eigenvalue weighted by Crippen LogP contribution is 2.61. The average Bonchev–Trinajstić information content (AvgIpc) is 3.30. The summed E-state index contributed by atoms with van der Waals surface area (Å²) >= 11 is 0. The van der Waals surface area contributed by atoms with E-state index in [0.29, 0.717) is 11.4 Å². The maximum absolute atomic E-state index is 14.2. The monoisotopic (exact) mass is 554 g/mol. The number of rotatable bonds is 4. The third-order valence-electron chi connectivity index (χ3n) is 9.36. The van der Waals surface area contributed by atoms with Crippen molar-refractivity contribution in [2.24, 2.45) is 35.5 Å². The van der Waals surface area contributed by atoms with Crippen LogP contribution < -0.4 is 9.80 Å². The molecule has 0 radical (unpaired) electrons. The molecule has 4 atom stereocenters. The van der Waals surface area contributed by atoms with E-state index in [9.17, 15) is 24.0 Å². The first-order valence-corrected chi connectivity index (χ1v) is 14.2. The molecule has 41 heavy (non-hydrogen) atoms. The Kier molecular flexibility index (Phi) is 6.10. The minimum Gasteiger partial charge on any atom is -0.463 e. The normalized spacial score (nSPS) is 28.3. The van der Waals surface area contributed by atoms with E-state index in [-0.39, 0.29) is 24.0 Å². The van der Waals surface area contributed by atoms with Crippen LogP contribution in [0.25, 0.3) is 0 Å². The fraction of sp³-hybridized carbons (Fsp3) is 0.424. The van der Waals surface area contributed by atoms with Crippen LogP contribution in [-0.4, -0.2) is 36.2 Å². The van der Waals surface area contributed by atoms with E-state index in [4.69, 9.17) is 4.74 Å². The highest BCUT2D eigenvalue weighted by Gasteiger charge is 2.71. The van der Waals surface area contributed by atoms with Gasteiger partial charge in [0.25, 0.3) is 0 Å². The second-order valence-electron chi connectivity index (χ2n) is 12.1. The summed E-state index contributed by atoms with van der Waals surface area (Å²) in [6.45, 7) is 13.2. The molecule has 2 aliphatic heterocycles. The number of amides is 4. The zero-order valence-corrected chi connectivity index (χ0v) is 24.4. The molecule has 7 rings (SSSR count). The lowest BCUT2D eigenvalue weighted by Crippen LogP contribution is -2.53. The number of nitrogens with zero attached hydrogens (tertiary/aromatic N) is 2. The Morgan fingerprint density at radius 3 is 1.37 bits per heavy atom. The summed E-state index contributed by atoms with van der Waals surface area (Å²) in [5, 5.41) is 0. The summed E-state index contributed by atoms with van der Waals surface area (Å²) in [5.41, 5.74) is 6.48. The Hall–Kier alpha value is -4.07. The number of anilines is 2. The van der Waals surface area contributed by atoms with Gasteiger partial charge in [0.05, 0.1) is 41.7 Å². The highest BCUT2D eigenvalue weighted by molar-refractivity contribution is 6.27. The van der Waals surface area contributed by atoms with Crippen LogP contribution in [0.5, 0.6) is 0 Å². The van der Waals surface area contributed by atoms with Crippen molar-refractivity contribution in [3.63, 3.8) is 0 Å². The first-order valence-electron chi connectivity index (χ1n) is 14.2. The van der Waals surface area contributed by atoms with Crippen LogP contribution in [0, 0.1) is 77.0 Å². The number of carbonyl (C=O) groups is 5.